The summed E-state index contributed by atoms with van der Waals surface area (Å²) in [7, 11) is 1.64. The van der Waals surface area contributed by atoms with E-state index in [0.29, 0.717) is 6.04 Å². The SMILES string of the molecule is COc1cc(O)ccc1[C@H]1CCCCN1.Cl. The van der Waals surface area contributed by atoms with Crippen molar-refractivity contribution in [2.45, 2.75) is 25.3 Å². The number of phenolic OH excluding ortho intramolecular Hbond substituents is 1. The van der Waals surface area contributed by atoms with E-state index in [9.17, 15) is 5.11 Å². The predicted octanol–water partition coefficient (Wildman–Crippen LogP) is 2.64. The summed E-state index contributed by atoms with van der Waals surface area (Å²) in [5.41, 5.74) is 1.15. The van der Waals surface area contributed by atoms with Crippen LogP contribution in [0.25, 0.3) is 0 Å². The summed E-state index contributed by atoms with van der Waals surface area (Å²) < 4.78 is 5.28. The van der Waals surface area contributed by atoms with E-state index in [-0.39, 0.29) is 18.2 Å². The fourth-order valence-electron chi connectivity index (χ4n) is 2.10. The average Bonchev–Trinajstić information content (AvgIpc) is 2.30. The second-order valence-electron chi connectivity index (χ2n) is 3.93. The normalized spacial score (nSPS) is 19.9. The average molecular weight is 244 g/mol. The minimum absolute atomic E-state index is 0. The molecule has 1 aromatic carbocycles. The molecule has 1 aliphatic heterocycles. The summed E-state index contributed by atoms with van der Waals surface area (Å²) in [5.74, 6) is 1.03. The number of rotatable bonds is 2. The van der Waals surface area contributed by atoms with Crippen LogP contribution in [-0.4, -0.2) is 18.8 Å². The molecule has 0 amide bonds. The van der Waals surface area contributed by atoms with Gasteiger partial charge in [0.15, 0.2) is 0 Å². The zero-order valence-corrected chi connectivity index (χ0v) is 10.2. The molecule has 3 nitrogen and oxygen atoms in total. The third-order valence-electron chi connectivity index (χ3n) is 2.90. The standard InChI is InChI=1S/C12H17NO2.ClH/c1-15-12-8-9(14)5-6-10(12)11-4-2-3-7-13-11;/h5-6,8,11,13-14H,2-4,7H2,1H3;1H/t11-;/m1./s1. The van der Waals surface area contributed by atoms with Crippen molar-refractivity contribution in [3.8, 4) is 11.5 Å². The van der Waals surface area contributed by atoms with Crippen molar-refractivity contribution in [3.05, 3.63) is 23.8 Å². The summed E-state index contributed by atoms with van der Waals surface area (Å²) in [6.45, 7) is 1.06. The van der Waals surface area contributed by atoms with Gasteiger partial charge in [0.2, 0.25) is 0 Å². The molecule has 0 spiro atoms. The van der Waals surface area contributed by atoms with Gasteiger partial charge in [-0.05, 0) is 25.5 Å². The van der Waals surface area contributed by atoms with E-state index in [1.54, 1.807) is 19.2 Å². The number of methoxy groups -OCH3 is 1. The van der Waals surface area contributed by atoms with Crippen LogP contribution in [0.15, 0.2) is 18.2 Å². The number of hydrogen-bond donors (Lipinski definition) is 2. The number of hydrogen-bond acceptors (Lipinski definition) is 3. The molecule has 1 heterocycles. The van der Waals surface area contributed by atoms with E-state index in [0.717, 1.165) is 24.3 Å². The van der Waals surface area contributed by atoms with Crippen molar-refractivity contribution in [2.75, 3.05) is 13.7 Å². The molecule has 16 heavy (non-hydrogen) atoms. The van der Waals surface area contributed by atoms with Crippen molar-refractivity contribution in [1.82, 2.24) is 5.32 Å². The van der Waals surface area contributed by atoms with E-state index in [1.807, 2.05) is 6.07 Å². The number of ether oxygens (including phenoxy) is 1. The van der Waals surface area contributed by atoms with Gasteiger partial charge in [-0.15, -0.1) is 12.4 Å². The zero-order chi connectivity index (χ0) is 10.7. The second kappa shape index (κ2) is 5.97. The fourth-order valence-corrected chi connectivity index (χ4v) is 2.10. The van der Waals surface area contributed by atoms with Crippen LogP contribution in [-0.2, 0) is 0 Å². The molecular weight excluding hydrogens is 226 g/mol. The molecule has 0 aliphatic carbocycles. The van der Waals surface area contributed by atoms with Crippen molar-refractivity contribution in [1.29, 1.82) is 0 Å². The third-order valence-corrected chi connectivity index (χ3v) is 2.90. The van der Waals surface area contributed by atoms with Crippen molar-refractivity contribution in [3.63, 3.8) is 0 Å². The smallest absolute Gasteiger partial charge is 0.127 e. The van der Waals surface area contributed by atoms with Crippen LogP contribution in [0.4, 0.5) is 0 Å². The highest BCUT2D eigenvalue weighted by Crippen LogP contribution is 2.32. The third kappa shape index (κ3) is 2.80. The monoisotopic (exact) mass is 243 g/mol. The zero-order valence-electron chi connectivity index (χ0n) is 9.40. The van der Waals surface area contributed by atoms with Gasteiger partial charge in [0.05, 0.1) is 7.11 Å². The summed E-state index contributed by atoms with van der Waals surface area (Å²) in [5, 5.41) is 12.8. The first-order chi connectivity index (χ1) is 7.31. The molecule has 2 rings (SSSR count). The molecular formula is C12H18ClNO2. The molecule has 1 atom stereocenters. The highest BCUT2D eigenvalue weighted by atomic mass is 35.5. The summed E-state index contributed by atoms with van der Waals surface area (Å²) in [6.07, 6.45) is 3.64. The first-order valence-corrected chi connectivity index (χ1v) is 5.41. The van der Waals surface area contributed by atoms with Gasteiger partial charge in [-0.2, -0.15) is 0 Å². The Morgan fingerprint density at radius 3 is 2.81 bits per heavy atom. The van der Waals surface area contributed by atoms with Crippen LogP contribution in [0, 0.1) is 0 Å². The van der Waals surface area contributed by atoms with Crippen LogP contribution in [0.5, 0.6) is 11.5 Å². The quantitative estimate of drug-likeness (QED) is 0.839. The summed E-state index contributed by atoms with van der Waals surface area (Å²) >= 11 is 0. The maximum absolute atomic E-state index is 9.37. The van der Waals surface area contributed by atoms with Crippen molar-refractivity contribution in [2.24, 2.45) is 0 Å². The number of benzene rings is 1. The Morgan fingerprint density at radius 2 is 2.19 bits per heavy atom. The Bertz CT molecular complexity index is 338. The maximum Gasteiger partial charge on any atom is 0.127 e. The Balaban J connectivity index is 0.00000128. The molecule has 0 unspecified atom stereocenters. The molecule has 0 aromatic heterocycles. The number of phenols is 1. The molecule has 0 radical (unpaired) electrons. The highest BCUT2D eigenvalue weighted by molar-refractivity contribution is 5.85. The minimum atomic E-state index is 0. The van der Waals surface area contributed by atoms with Crippen LogP contribution in [0.1, 0.15) is 30.9 Å². The van der Waals surface area contributed by atoms with E-state index < -0.39 is 0 Å². The molecule has 1 aliphatic rings. The van der Waals surface area contributed by atoms with Gasteiger partial charge < -0.3 is 15.2 Å². The van der Waals surface area contributed by atoms with Crippen molar-refractivity contribution < 1.29 is 9.84 Å². The van der Waals surface area contributed by atoms with Crippen LogP contribution < -0.4 is 10.1 Å². The first kappa shape index (κ1) is 13.1. The Morgan fingerprint density at radius 1 is 1.38 bits per heavy atom. The lowest BCUT2D eigenvalue weighted by molar-refractivity contribution is 0.370. The highest BCUT2D eigenvalue weighted by Gasteiger charge is 2.18. The van der Waals surface area contributed by atoms with Crippen LogP contribution in [0.3, 0.4) is 0 Å². The van der Waals surface area contributed by atoms with Crippen LogP contribution >= 0.6 is 12.4 Å². The molecule has 0 saturated carbocycles. The molecule has 1 aromatic rings. The van der Waals surface area contributed by atoms with E-state index in [2.05, 4.69) is 5.32 Å². The predicted molar refractivity (Wildman–Crippen MR) is 66.5 cm³/mol. The summed E-state index contributed by atoms with van der Waals surface area (Å²) in [6, 6.07) is 5.70. The van der Waals surface area contributed by atoms with E-state index >= 15 is 0 Å². The maximum atomic E-state index is 9.37. The molecule has 90 valence electrons. The Labute approximate surface area is 102 Å². The fraction of sp³-hybridized carbons (Fsp3) is 0.500. The van der Waals surface area contributed by atoms with Gasteiger partial charge in [0.1, 0.15) is 11.5 Å². The van der Waals surface area contributed by atoms with Gasteiger partial charge in [0, 0.05) is 17.7 Å². The van der Waals surface area contributed by atoms with Gasteiger partial charge in [-0.25, -0.2) is 0 Å². The number of halogens is 1. The molecule has 1 saturated heterocycles. The first-order valence-electron chi connectivity index (χ1n) is 5.41. The largest absolute Gasteiger partial charge is 0.508 e. The lowest BCUT2D eigenvalue weighted by Crippen LogP contribution is -2.27. The van der Waals surface area contributed by atoms with Gasteiger partial charge >= 0.3 is 0 Å². The number of aromatic hydroxyl groups is 1. The van der Waals surface area contributed by atoms with E-state index in [4.69, 9.17) is 4.74 Å². The lowest BCUT2D eigenvalue weighted by atomic mass is 9.97. The number of nitrogens with one attached hydrogen (secondary N) is 1. The van der Waals surface area contributed by atoms with Crippen molar-refractivity contribution >= 4 is 12.4 Å². The minimum Gasteiger partial charge on any atom is -0.508 e. The number of piperidine rings is 1. The van der Waals surface area contributed by atoms with E-state index in [1.165, 1.54) is 12.8 Å². The Hall–Kier alpha value is -0.930. The molecule has 0 bridgehead atoms. The van der Waals surface area contributed by atoms with Gasteiger partial charge in [-0.3, -0.25) is 0 Å². The topological polar surface area (TPSA) is 41.5 Å². The van der Waals surface area contributed by atoms with Gasteiger partial charge in [0.25, 0.3) is 0 Å². The Kier molecular flexibility index (Phi) is 4.90. The molecule has 1 fully saturated rings. The molecule has 4 heteroatoms. The summed E-state index contributed by atoms with van der Waals surface area (Å²) in [4.78, 5) is 0. The van der Waals surface area contributed by atoms with Crippen LogP contribution in [0.2, 0.25) is 0 Å². The second-order valence-corrected chi connectivity index (χ2v) is 3.93. The van der Waals surface area contributed by atoms with Gasteiger partial charge in [-0.1, -0.05) is 12.5 Å². The molecule has 2 N–H and O–H groups in total. The lowest BCUT2D eigenvalue weighted by Gasteiger charge is -2.25.